The van der Waals surface area contributed by atoms with Gasteiger partial charge in [0.05, 0.1) is 0 Å². The molecule has 1 saturated heterocycles. The molecule has 1 amide bonds. The van der Waals surface area contributed by atoms with E-state index in [9.17, 15) is 4.79 Å². The largest absolute Gasteiger partial charge is 0.399 e. The Bertz CT molecular complexity index is 455. The van der Waals surface area contributed by atoms with Crippen LogP contribution in [0.4, 0.5) is 11.4 Å². The normalized spacial score (nSPS) is 16.8. The Hall–Kier alpha value is -1.71. The van der Waals surface area contributed by atoms with Gasteiger partial charge in [-0.25, -0.2) is 0 Å². The number of nitrogens with zero attached hydrogens (tertiary/aromatic N) is 2. The van der Waals surface area contributed by atoms with Gasteiger partial charge in [0.1, 0.15) is 6.04 Å². The summed E-state index contributed by atoms with van der Waals surface area (Å²) in [7, 11) is 0. The highest BCUT2D eigenvalue weighted by Crippen LogP contribution is 2.21. The molecule has 1 aliphatic heterocycles. The van der Waals surface area contributed by atoms with Crippen molar-refractivity contribution in [2.24, 2.45) is 0 Å². The molecule has 0 aromatic heterocycles. The molecular weight excluding hydrogens is 250 g/mol. The predicted octanol–water partition coefficient (Wildman–Crippen LogP) is 2.50. The molecule has 1 aliphatic rings. The molecule has 1 aromatic rings. The molecule has 0 spiro atoms. The van der Waals surface area contributed by atoms with E-state index in [4.69, 9.17) is 5.73 Å². The van der Waals surface area contributed by atoms with Crippen molar-refractivity contribution in [2.45, 2.75) is 39.2 Å². The van der Waals surface area contributed by atoms with E-state index in [0.717, 1.165) is 43.9 Å². The molecule has 4 heteroatoms. The monoisotopic (exact) mass is 275 g/mol. The topological polar surface area (TPSA) is 49.6 Å². The van der Waals surface area contributed by atoms with Crippen molar-refractivity contribution >= 4 is 17.3 Å². The molecule has 0 aliphatic carbocycles. The molecule has 1 heterocycles. The van der Waals surface area contributed by atoms with E-state index in [-0.39, 0.29) is 11.9 Å². The van der Waals surface area contributed by atoms with Gasteiger partial charge < -0.3 is 15.5 Å². The van der Waals surface area contributed by atoms with Crippen LogP contribution in [0.3, 0.4) is 0 Å². The fraction of sp³-hybridized carbons (Fsp3) is 0.562. The van der Waals surface area contributed by atoms with E-state index in [1.54, 1.807) is 0 Å². The highest BCUT2D eigenvalue weighted by Gasteiger charge is 2.26. The average Bonchev–Trinajstić information content (AvgIpc) is 2.48. The lowest BCUT2D eigenvalue weighted by Crippen LogP contribution is -2.48. The molecule has 2 rings (SSSR count). The number of nitrogens with two attached hydrogens (primary N) is 1. The van der Waals surface area contributed by atoms with Crippen molar-refractivity contribution in [3.05, 3.63) is 24.3 Å². The summed E-state index contributed by atoms with van der Waals surface area (Å²) in [5, 5.41) is 0. The van der Waals surface area contributed by atoms with E-state index < -0.39 is 0 Å². The second kappa shape index (κ2) is 6.64. The van der Waals surface area contributed by atoms with Gasteiger partial charge in [-0.15, -0.1) is 0 Å². The number of carbonyl (C=O) groups excluding carboxylic acids is 1. The van der Waals surface area contributed by atoms with Crippen LogP contribution in [0.15, 0.2) is 24.3 Å². The first-order valence-electron chi connectivity index (χ1n) is 7.54. The highest BCUT2D eigenvalue weighted by atomic mass is 16.2. The summed E-state index contributed by atoms with van der Waals surface area (Å²) in [4.78, 5) is 16.7. The summed E-state index contributed by atoms with van der Waals surface area (Å²) >= 11 is 0. The third-order valence-electron chi connectivity index (χ3n) is 4.04. The van der Waals surface area contributed by atoms with Gasteiger partial charge in [-0.05, 0) is 51.3 Å². The lowest BCUT2D eigenvalue weighted by molar-refractivity contribution is -0.133. The van der Waals surface area contributed by atoms with Gasteiger partial charge in [-0.3, -0.25) is 4.79 Å². The summed E-state index contributed by atoms with van der Waals surface area (Å²) in [6.45, 7) is 6.66. The SMILES string of the molecule is CCN(c1cccc(N)c1)C(C)C(=O)N1CCCCC1. The number of amides is 1. The van der Waals surface area contributed by atoms with Gasteiger partial charge >= 0.3 is 0 Å². The van der Waals surface area contributed by atoms with E-state index in [1.807, 2.05) is 36.1 Å². The van der Waals surface area contributed by atoms with Crippen LogP contribution >= 0.6 is 0 Å². The summed E-state index contributed by atoms with van der Waals surface area (Å²) in [6.07, 6.45) is 3.50. The first-order chi connectivity index (χ1) is 9.63. The quantitative estimate of drug-likeness (QED) is 0.859. The molecule has 110 valence electrons. The van der Waals surface area contributed by atoms with E-state index in [0.29, 0.717) is 0 Å². The smallest absolute Gasteiger partial charge is 0.244 e. The van der Waals surface area contributed by atoms with Crippen LogP contribution in [-0.4, -0.2) is 36.5 Å². The van der Waals surface area contributed by atoms with Crippen molar-refractivity contribution in [3.63, 3.8) is 0 Å². The molecule has 0 saturated carbocycles. The first-order valence-corrected chi connectivity index (χ1v) is 7.54. The molecule has 1 fully saturated rings. The zero-order chi connectivity index (χ0) is 14.5. The van der Waals surface area contributed by atoms with Crippen LogP contribution < -0.4 is 10.6 Å². The van der Waals surface area contributed by atoms with Crippen LogP contribution in [0.1, 0.15) is 33.1 Å². The third-order valence-corrected chi connectivity index (χ3v) is 4.04. The van der Waals surface area contributed by atoms with Gasteiger partial charge in [0, 0.05) is 31.0 Å². The number of benzene rings is 1. The molecule has 1 atom stereocenters. The minimum absolute atomic E-state index is 0.139. The Morgan fingerprint density at radius 3 is 2.65 bits per heavy atom. The molecule has 20 heavy (non-hydrogen) atoms. The molecule has 4 nitrogen and oxygen atoms in total. The van der Waals surface area contributed by atoms with E-state index in [1.165, 1.54) is 6.42 Å². The van der Waals surface area contributed by atoms with Crippen LogP contribution in [0.5, 0.6) is 0 Å². The summed E-state index contributed by atoms with van der Waals surface area (Å²) < 4.78 is 0. The zero-order valence-electron chi connectivity index (χ0n) is 12.5. The lowest BCUT2D eigenvalue weighted by atomic mass is 10.1. The molecule has 0 bridgehead atoms. The second-order valence-electron chi connectivity index (χ2n) is 5.44. The number of carbonyl (C=O) groups is 1. The fourth-order valence-electron chi connectivity index (χ4n) is 2.90. The summed E-state index contributed by atoms with van der Waals surface area (Å²) in [5.41, 5.74) is 7.60. The van der Waals surface area contributed by atoms with Crippen molar-refractivity contribution in [1.82, 2.24) is 4.90 Å². The van der Waals surface area contributed by atoms with Crippen molar-refractivity contribution < 1.29 is 4.79 Å². The van der Waals surface area contributed by atoms with Crippen LogP contribution in [0.2, 0.25) is 0 Å². The van der Waals surface area contributed by atoms with E-state index in [2.05, 4.69) is 11.8 Å². The molecular formula is C16H25N3O. The zero-order valence-corrected chi connectivity index (χ0v) is 12.5. The molecule has 2 N–H and O–H groups in total. The van der Waals surface area contributed by atoms with Gasteiger partial charge in [0.15, 0.2) is 0 Å². The fourth-order valence-corrected chi connectivity index (χ4v) is 2.90. The Kier molecular flexibility index (Phi) is 4.88. The molecule has 0 radical (unpaired) electrons. The maximum absolute atomic E-state index is 12.6. The number of anilines is 2. The number of rotatable bonds is 4. The van der Waals surface area contributed by atoms with Gasteiger partial charge in [-0.2, -0.15) is 0 Å². The minimum atomic E-state index is -0.139. The Morgan fingerprint density at radius 2 is 2.05 bits per heavy atom. The van der Waals surface area contributed by atoms with Crippen molar-refractivity contribution in [2.75, 3.05) is 30.3 Å². The summed E-state index contributed by atoms with van der Waals surface area (Å²) in [6, 6.07) is 7.61. The number of piperidine rings is 1. The maximum atomic E-state index is 12.6. The number of nitrogen functional groups attached to an aromatic ring is 1. The Balaban J connectivity index is 2.11. The number of likely N-dealkylation sites (tertiary alicyclic amines) is 1. The number of hydrogen-bond donors (Lipinski definition) is 1. The van der Waals surface area contributed by atoms with Gasteiger partial charge in [0.2, 0.25) is 5.91 Å². The Morgan fingerprint density at radius 1 is 1.35 bits per heavy atom. The van der Waals surface area contributed by atoms with E-state index >= 15 is 0 Å². The molecule has 1 unspecified atom stereocenters. The minimum Gasteiger partial charge on any atom is -0.399 e. The van der Waals surface area contributed by atoms with Crippen molar-refractivity contribution in [1.29, 1.82) is 0 Å². The predicted molar refractivity (Wildman–Crippen MR) is 83.8 cm³/mol. The van der Waals surface area contributed by atoms with Crippen LogP contribution in [0.25, 0.3) is 0 Å². The second-order valence-corrected chi connectivity index (χ2v) is 5.44. The number of hydrogen-bond acceptors (Lipinski definition) is 3. The van der Waals surface area contributed by atoms with Crippen molar-refractivity contribution in [3.8, 4) is 0 Å². The third kappa shape index (κ3) is 3.24. The first kappa shape index (κ1) is 14.7. The maximum Gasteiger partial charge on any atom is 0.244 e. The highest BCUT2D eigenvalue weighted by molar-refractivity contribution is 5.85. The molecule has 1 aromatic carbocycles. The standard InChI is InChI=1S/C16H25N3O/c1-3-19(15-9-7-8-14(17)12-15)13(2)16(20)18-10-5-4-6-11-18/h7-9,12-13H,3-6,10-11,17H2,1-2H3. The van der Waals surface area contributed by atoms with Gasteiger partial charge in [0.25, 0.3) is 0 Å². The Labute approximate surface area is 121 Å². The van der Waals surface area contributed by atoms with Crippen LogP contribution in [0, 0.1) is 0 Å². The number of likely N-dealkylation sites (N-methyl/N-ethyl adjacent to an activating group) is 1. The summed E-state index contributed by atoms with van der Waals surface area (Å²) in [5.74, 6) is 0.231. The average molecular weight is 275 g/mol. The lowest BCUT2D eigenvalue weighted by Gasteiger charge is -2.35. The van der Waals surface area contributed by atoms with Gasteiger partial charge in [-0.1, -0.05) is 6.07 Å². The van der Waals surface area contributed by atoms with Crippen LogP contribution in [-0.2, 0) is 4.79 Å².